The van der Waals surface area contributed by atoms with Crippen molar-refractivity contribution in [3.8, 4) is 28.7 Å². The summed E-state index contributed by atoms with van der Waals surface area (Å²) in [7, 11) is 1.78. The molecule has 1 N–H and O–H groups in total. The van der Waals surface area contributed by atoms with E-state index in [2.05, 4.69) is 25.7 Å². The summed E-state index contributed by atoms with van der Waals surface area (Å²) >= 11 is 1.27. The van der Waals surface area contributed by atoms with Crippen molar-refractivity contribution in [3.05, 3.63) is 58.9 Å². The molecule has 1 fully saturated rings. The van der Waals surface area contributed by atoms with Gasteiger partial charge in [-0.2, -0.15) is 0 Å². The van der Waals surface area contributed by atoms with Crippen LogP contribution in [0.2, 0.25) is 0 Å². The Labute approximate surface area is 216 Å². The van der Waals surface area contributed by atoms with Crippen LogP contribution >= 0.6 is 11.3 Å². The number of nitrogens with zero attached hydrogens (tertiary/aromatic N) is 5. The van der Waals surface area contributed by atoms with Gasteiger partial charge in [-0.3, -0.25) is 14.9 Å². The Balaban J connectivity index is 1.36. The minimum atomic E-state index is -0.384. The van der Waals surface area contributed by atoms with Crippen molar-refractivity contribution in [2.75, 3.05) is 25.5 Å². The number of anilines is 1. The zero-order chi connectivity index (χ0) is 25.9. The molecule has 4 aromatic rings. The minimum absolute atomic E-state index is 0.0496. The Morgan fingerprint density at radius 1 is 1.08 bits per heavy atom. The predicted molar refractivity (Wildman–Crippen MR) is 135 cm³/mol. The summed E-state index contributed by atoms with van der Waals surface area (Å²) < 4.78 is 17.5. The van der Waals surface area contributed by atoms with Gasteiger partial charge in [-0.05, 0) is 49.7 Å². The number of hydrogen-bond donors (Lipinski definition) is 1. The van der Waals surface area contributed by atoms with Crippen LogP contribution in [0.1, 0.15) is 27.7 Å². The minimum Gasteiger partial charge on any atom is -0.493 e. The Kier molecular flexibility index (Phi) is 6.82. The molecule has 1 aliphatic heterocycles. The number of aryl methyl sites for hydroxylation is 2. The van der Waals surface area contributed by atoms with Gasteiger partial charge in [0.05, 0.1) is 12.5 Å². The lowest BCUT2D eigenvalue weighted by molar-refractivity contribution is -0.130. The molecule has 1 saturated heterocycles. The largest absolute Gasteiger partial charge is 0.493 e. The summed E-state index contributed by atoms with van der Waals surface area (Å²) in [5, 5.41) is 19.6. The second kappa shape index (κ2) is 10.3. The van der Waals surface area contributed by atoms with Crippen LogP contribution in [0.3, 0.4) is 0 Å². The van der Waals surface area contributed by atoms with Crippen molar-refractivity contribution in [1.82, 2.24) is 25.3 Å². The number of rotatable bonds is 8. The number of carbonyl (C=O) groups is 2. The normalized spacial score (nSPS) is 15.2. The zero-order valence-electron chi connectivity index (χ0n) is 20.4. The summed E-state index contributed by atoms with van der Waals surface area (Å²) in [4.78, 5) is 26.9. The van der Waals surface area contributed by atoms with Gasteiger partial charge in [0.2, 0.25) is 22.8 Å². The predicted octanol–water partition coefficient (Wildman–Crippen LogP) is 4.11. The highest BCUT2D eigenvalue weighted by atomic mass is 32.1. The van der Waals surface area contributed by atoms with Gasteiger partial charge in [0.25, 0.3) is 5.91 Å². The summed E-state index contributed by atoms with van der Waals surface area (Å²) in [6.45, 7) is 4.44. The maximum Gasteiger partial charge on any atom is 0.257 e. The molecule has 1 aliphatic rings. The molecule has 37 heavy (non-hydrogen) atoms. The molecule has 5 rings (SSSR count). The van der Waals surface area contributed by atoms with E-state index in [-0.39, 0.29) is 24.3 Å². The fraction of sp³-hybridized carbons (Fsp3) is 0.280. The molecule has 1 unspecified atom stereocenters. The molecular weight excluding hydrogens is 496 g/mol. The molecule has 0 saturated carbocycles. The van der Waals surface area contributed by atoms with Crippen molar-refractivity contribution < 1.29 is 23.5 Å². The third-order valence-electron chi connectivity index (χ3n) is 5.74. The van der Waals surface area contributed by atoms with E-state index in [9.17, 15) is 9.59 Å². The monoisotopic (exact) mass is 520 g/mol. The third-order valence-corrected chi connectivity index (χ3v) is 6.50. The van der Waals surface area contributed by atoms with Gasteiger partial charge < -0.3 is 18.8 Å². The van der Waals surface area contributed by atoms with Gasteiger partial charge in [0.15, 0.2) is 0 Å². The quantitative estimate of drug-likeness (QED) is 0.364. The highest BCUT2D eigenvalue weighted by molar-refractivity contribution is 7.15. The molecule has 0 aliphatic carbocycles. The van der Waals surface area contributed by atoms with E-state index in [1.54, 1.807) is 68.3 Å². The second-order valence-electron chi connectivity index (χ2n) is 8.58. The molecule has 12 heteroatoms. The van der Waals surface area contributed by atoms with E-state index in [1.165, 1.54) is 11.3 Å². The number of amides is 2. The topological polar surface area (TPSA) is 133 Å². The van der Waals surface area contributed by atoms with Gasteiger partial charge in [0.1, 0.15) is 22.3 Å². The Bertz CT molecular complexity index is 1430. The fourth-order valence-corrected chi connectivity index (χ4v) is 4.41. The lowest BCUT2D eigenvalue weighted by atomic mass is 10.1. The van der Waals surface area contributed by atoms with Crippen molar-refractivity contribution in [1.29, 1.82) is 0 Å². The van der Waals surface area contributed by atoms with Gasteiger partial charge in [-0.25, -0.2) is 0 Å². The number of nitrogens with one attached hydrogen (secondary N) is 1. The molecule has 2 aromatic carbocycles. The van der Waals surface area contributed by atoms with E-state index < -0.39 is 0 Å². The van der Waals surface area contributed by atoms with Crippen molar-refractivity contribution in [2.45, 2.75) is 20.3 Å². The number of hydrogen-bond acceptors (Lipinski definition) is 10. The summed E-state index contributed by atoms with van der Waals surface area (Å²) in [6, 6.07) is 12.0. The van der Waals surface area contributed by atoms with Crippen LogP contribution in [0.4, 0.5) is 5.13 Å². The van der Waals surface area contributed by atoms with Crippen LogP contribution in [-0.2, 0) is 4.79 Å². The molecule has 0 bridgehead atoms. The molecule has 0 spiro atoms. The smallest absolute Gasteiger partial charge is 0.257 e. The summed E-state index contributed by atoms with van der Waals surface area (Å²) in [5.74, 6) is 1.68. The van der Waals surface area contributed by atoms with Crippen LogP contribution in [0.25, 0.3) is 11.5 Å². The first kappa shape index (κ1) is 24.4. The Morgan fingerprint density at radius 2 is 1.86 bits per heavy atom. The Hall–Kier alpha value is -4.32. The summed E-state index contributed by atoms with van der Waals surface area (Å²) in [5.41, 5.74) is 1.07. The number of benzene rings is 2. The maximum atomic E-state index is 13.0. The maximum absolute atomic E-state index is 13.0. The van der Waals surface area contributed by atoms with Crippen LogP contribution < -0.4 is 14.8 Å². The standard InChI is InChI=1S/C25H24N6O5S/c1-14-27-29-23(35-14)16-4-6-19(7-5-16)36-21-11-18(22(32)26-25-30-28-15(2)37-25)10-20(12-21)34-13-17-8-9-31(3)24(17)33/h4-7,10-12,17H,8-9,13H2,1-3H3,(H,26,30,32). The Morgan fingerprint density at radius 3 is 2.51 bits per heavy atom. The molecule has 3 heterocycles. The van der Waals surface area contributed by atoms with E-state index in [1.807, 2.05) is 0 Å². The van der Waals surface area contributed by atoms with Crippen LogP contribution in [0.5, 0.6) is 17.2 Å². The number of ether oxygens (including phenoxy) is 2. The molecule has 190 valence electrons. The van der Waals surface area contributed by atoms with Crippen LogP contribution in [0, 0.1) is 19.8 Å². The van der Waals surface area contributed by atoms with Gasteiger partial charge in [-0.15, -0.1) is 20.4 Å². The lowest BCUT2D eigenvalue weighted by Crippen LogP contribution is -2.25. The highest BCUT2D eigenvalue weighted by Crippen LogP contribution is 2.30. The van der Waals surface area contributed by atoms with Crippen LogP contribution in [0.15, 0.2) is 46.9 Å². The summed E-state index contributed by atoms with van der Waals surface area (Å²) in [6.07, 6.45) is 0.723. The first-order valence-corrected chi connectivity index (χ1v) is 12.4. The fourth-order valence-electron chi connectivity index (χ4n) is 3.82. The van der Waals surface area contributed by atoms with Crippen molar-refractivity contribution >= 4 is 28.3 Å². The zero-order valence-corrected chi connectivity index (χ0v) is 21.2. The third kappa shape index (κ3) is 5.75. The van der Waals surface area contributed by atoms with Crippen molar-refractivity contribution in [2.24, 2.45) is 5.92 Å². The lowest BCUT2D eigenvalue weighted by Gasteiger charge is -2.14. The number of carbonyl (C=O) groups excluding carboxylic acids is 2. The number of aromatic nitrogens is 4. The second-order valence-corrected chi connectivity index (χ2v) is 9.76. The average Bonchev–Trinajstić information content (AvgIpc) is 3.59. The number of likely N-dealkylation sites (tertiary alicyclic amines) is 1. The van der Waals surface area contributed by atoms with Gasteiger partial charge in [0, 0.05) is 37.7 Å². The molecule has 0 radical (unpaired) electrons. The SMILES string of the molecule is Cc1nnc(-c2ccc(Oc3cc(OCC4CCN(C)C4=O)cc(C(=O)Nc4nnc(C)s4)c3)cc2)o1. The molecule has 2 aromatic heterocycles. The van der Waals surface area contributed by atoms with Gasteiger partial charge in [-0.1, -0.05) is 11.3 Å². The van der Waals surface area contributed by atoms with Crippen LogP contribution in [-0.4, -0.2) is 57.3 Å². The molecule has 2 amide bonds. The van der Waals surface area contributed by atoms with E-state index in [0.717, 1.165) is 17.0 Å². The average molecular weight is 521 g/mol. The molecular formula is C25H24N6O5S. The van der Waals surface area contributed by atoms with E-state index >= 15 is 0 Å². The van der Waals surface area contributed by atoms with E-state index in [4.69, 9.17) is 13.9 Å². The highest BCUT2D eigenvalue weighted by Gasteiger charge is 2.29. The van der Waals surface area contributed by atoms with E-state index in [0.29, 0.717) is 46.3 Å². The van der Waals surface area contributed by atoms with Gasteiger partial charge >= 0.3 is 0 Å². The first-order chi connectivity index (χ1) is 17.8. The van der Waals surface area contributed by atoms with Crippen molar-refractivity contribution in [3.63, 3.8) is 0 Å². The molecule has 11 nitrogen and oxygen atoms in total. The first-order valence-electron chi connectivity index (χ1n) is 11.6. The molecule has 1 atom stereocenters.